The second kappa shape index (κ2) is 4.76. The number of aliphatic carboxylic acids is 1. The Morgan fingerprint density at radius 2 is 1.63 bits per heavy atom. The number of ether oxygens (including phenoxy) is 1. The molecule has 0 spiro atoms. The van der Waals surface area contributed by atoms with Gasteiger partial charge in [-0.05, 0) is 19.9 Å². The molecule has 3 aliphatic rings. The smallest absolute Gasteiger partial charge is 0.310 e. The molecule has 19 heavy (non-hydrogen) atoms. The molecule has 0 aromatic rings. The van der Waals surface area contributed by atoms with Gasteiger partial charge in [-0.1, -0.05) is 0 Å². The van der Waals surface area contributed by atoms with Gasteiger partial charge in [0.15, 0.2) is 0 Å². The first-order valence-corrected chi connectivity index (χ1v) is 6.93. The van der Waals surface area contributed by atoms with Gasteiger partial charge in [-0.3, -0.25) is 9.59 Å². The van der Waals surface area contributed by atoms with Gasteiger partial charge in [0.25, 0.3) is 0 Å². The Hall–Kier alpha value is -1.14. The number of nitrogens with zero attached hydrogens (tertiary/aromatic N) is 2. The average molecular weight is 268 g/mol. The molecule has 3 aliphatic heterocycles. The molecule has 0 saturated carbocycles. The van der Waals surface area contributed by atoms with Crippen molar-refractivity contribution in [1.29, 1.82) is 0 Å². The summed E-state index contributed by atoms with van der Waals surface area (Å²) in [5, 5.41) is 9.34. The second-order valence-corrected chi connectivity index (χ2v) is 5.81. The van der Waals surface area contributed by atoms with Gasteiger partial charge in [-0.2, -0.15) is 0 Å². The Labute approximate surface area is 112 Å². The second-order valence-electron chi connectivity index (χ2n) is 5.81. The van der Waals surface area contributed by atoms with Crippen LogP contribution in [0.5, 0.6) is 0 Å². The Morgan fingerprint density at radius 1 is 1.05 bits per heavy atom. The maximum Gasteiger partial charge on any atom is 0.310 e. The van der Waals surface area contributed by atoms with Crippen molar-refractivity contribution in [3.05, 3.63) is 0 Å². The number of carbonyl (C=O) groups is 2. The summed E-state index contributed by atoms with van der Waals surface area (Å²) >= 11 is 0. The lowest BCUT2D eigenvalue weighted by atomic mass is 9.78. The fourth-order valence-electron chi connectivity index (χ4n) is 3.54. The van der Waals surface area contributed by atoms with Crippen molar-refractivity contribution >= 4 is 11.9 Å². The molecule has 4 atom stereocenters. The molecule has 0 aromatic heterocycles. The van der Waals surface area contributed by atoms with Crippen LogP contribution in [0.1, 0.15) is 12.8 Å². The van der Waals surface area contributed by atoms with E-state index in [-0.39, 0.29) is 18.1 Å². The number of amides is 1. The molecular formula is C13H20N2O4. The number of hydrogen-bond acceptors (Lipinski definition) is 4. The lowest BCUT2D eigenvalue weighted by Gasteiger charge is -2.36. The molecular weight excluding hydrogens is 248 g/mol. The van der Waals surface area contributed by atoms with E-state index in [2.05, 4.69) is 4.90 Å². The van der Waals surface area contributed by atoms with Gasteiger partial charge in [0.1, 0.15) is 0 Å². The molecule has 2 bridgehead atoms. The zero-order chi connectivity index (χ0) is 13.6. The summed E-state index contributed by atoms with van der Waals surface area (Å²) < 4.78 is 5.65. The zero-order valence-corrected chi connectivity index (χ0v) is 11.1. The molecule has 6 nitrogen and oxygen atoms in total. The number of carbonyl (C=O) groups excluding carboxylic acids is 1. The van der Waals surface area contributed by atoms with Crippen molar-refractivity contribution < 1.29 is 19.4 Å². The topological polar surface area (TPSA) is 70.1 Å². The Morgan fingerprint density at radius 3 is 2.21 bits per heavy atom. The number of carboxylic acid groups (broad SMARTS) is 1. The van der Waals surface area contributed by atoms with E-state index in [1.807, 2.05) is 11.9 Å². The summed E-state index contributed by atoms with van der Waals surface area (Å²) in [6.45, 7) is 3.08. The van der Waals surface area contributed by atoms with E-state index in [4.69, 9.17) is 4.74 Å². The van der Waals surface area contributed by atoms with Gasteiger partial charge in [-0.15, -0.1) is 0 Å². The highest BCUT2D eigenvalue weighted by Crippen LogP contribution is 2.44. The number of rotatable bonds is 2. The van der Waals surface area contributed by atoms with E-state index < -0.39 is 17.8 Å². The van der Waals surface area contributed by atoms with Gasteiger partial charge in [-0.25, -0.2) is 0 Å². The van der Waals surface area contributed by atoms with Crippen molar-refractivity contribution in [3.8, 4) is 0 Å². The first kappa shape index (κ1) is 12.9. The van der Waals surface area contributed by atoms with E-state index in [1.165, 1.54) is 0 Å². The van der Waals surface area contributed by atoms with Crippen molar-refractivity contribution in [1.82, 2.24) is 9.80 Å². The summed E-state index contributed by atoms with van der Waals surface area (Å²) in [4.78, 5) is 27.9. The average Bonchev–Trinajstić information content (AvgIpc) is 2.98. The minimum Gasteiger partial charge on any atom is -0.481 e. The van der Waals surface area contributed by atoms with Gasteiger partial charge in [0, 0.05) is 26.2 Å². The summed E-state index contributed by atoms with van der Waals surface area (Å²) in [5.41, 5.74) is 0. The van der Waals surface area contributed by atoms with Crippen LogP contribution in [0, 0.1) is 11.8 Å². The number of carboxylic acids is 1. The summed E-state index contributed by atoms with van der Waals surface area (Å²) in [6, 6.07) is 0. The van der Waals surface area contributed by atoms with E-state index in [0.29, 0.717) is 13.1 Å². The molecule has 1 N–H and O–H groups in total. The Bertz CT molecular complexity index is 392. The third kappa shape index (κ3) is 2.12. The first-order chi connectivity index (χ1) is 9.08. The molecule has 1 amide bonds. The Balaban J connectivity index is 1.73. The Kier molecular flexibility index (Phi) is 3.22. The molecule has 0 aliphatic carbocycles. The molecule has 106 valence electrons. The SMILES string of the molecule is CN1CCN(C(=O)[C@H]2[C@H](C(=O)O)[C@H]3CC[C@H]2O3)CC1. The molecule has 0 aromatic carbocycles. The van der Waals surface area contributed by atoms with E-state index in [1.54, 1.807) is 0 Å². The fourth-order valence-corrected chi connectivity index (χ4v) is 3.54. The third-order valence-electron chi connectivity index (χ3n) is 4.66. The van der Waals surface area contributed by atoms with Gasteiger partial charge in [0.05, 0.1) is 24.0 Å². The quantitative estimate of drug-likeness (QED) is 0.740. The van der Waals surface area contributed by atoms with Crippen LogP contribution in [-0.4, -0.2) is 72.2 Å². The normalized spacial score (nSPS) is 38.7. The van der Waals surface area contributed by atoms with Crippen LogP contribution >= 0.6 is 0 Å². The standard InChI is InChI=1S/C13H20N2O4/c1-14-4-6-15(7-5-14)12(16)10-8-2-3-9(19-8)11(10)13(17)18/h8-11H,2-7H2,1H3,(H,17,18)/t8-,9-,10-,11-/m1/s1. The first-order valence-electron chi connectivity index (χ1n) is 6.93. The van der Waals surface area contributed by atoms with Gasteiger partial charge in [0.2, 0.25) is 5.91 Å². The van der Waals surface area contributed by atoms with Crippen molar-refractivity contribution in [2.24, 2.45) is 11.8 Å². The number of fused-ring (bicyclic) bond motifs is 2. The molecule has 3 rings (SSSR count). The fraction of sp³-hybridized carbons (Fsp3) is 0.846. The van der Waals surface area contributed by atoms with Crippen molar-refractivity contribution in [2.45, 2.75) is 25.0 Å². The number of piperazine rings is 1. The lowest BCUT2D eigenvalue weighted by Crippen LogP contribution is -2.52. The monoisotopic (exact) mass is 268 g/mol. The highest BCUT2D eigenvalue weighted by molar-refractivity contribution is 5.86. The summed E-state index contributed by atoms with van der Waals surface area (Å²) in [5.74, 6) is -2.03. The maximum atomic E-state index is 12.6. The van der Waals surface area contributed by atoms with E-state index >= 15 is 0 Å². The van der Waals surface area contributed by atoms with E-state index in [0.717, 1.165) is 25.9 Å². The van der Waals surface area contributed by atoms with Crippen LogP contribution in [0.4, 0.5) is 0 Å². The van der Waals surface area contributed by atoms with Gasteiger partial charge >= 0.3 is 5.97 Å². The molecule has 6 heteroatoms. The van der Waals surface area contributed by atoms with Crippen LogP contribution < -0.4 is 0 Å². The lowest BCUT2D eigenvalue weighted by molar-refractivity contribution is -0.151. The molecule has 0 radical (unpaired) electrons. The van der Waals surface area contributed by atoms with E-state index in [9.17, 15) is 14.7 Å². The molecule has 0 unspecified atom stereocenters. The molecule has 3 fully saturated rings. The molecule has 3 saturated heterocycles. The van der Waals surface area contributed by atoms with Gasteiger partial charge < -0.3 is 19.6 Å². The largest absolute Gasteiger partial charge is 0.481 e. The maximum absolute atomic E-state index is 12.6. The van der Waals surface area contributed by atoms with Crippen LogP contribution in [-0.2, 0) is 14.3 Å². The molecule has 3 heterocycles. The van der Waals surface area contributed by atoms with Crippen molar-refractivity contribution in [2.75, 3.05) is 33.2 Å². The van der Waals surface area contributed by atoms with Crippen LogP contribution in [0.3, 0.4) is 0 Å². The van der Waals surface area contributed by atoms with Crippen LogP contribution in [0.15, 0.2) is 0 Å². The summed E-state index contributed by atoms with van der Waals surface area (Å²) in [6.07, 6.45) is 1.15. The number of hydrogen-bond donors (Lipinski definition) is 1. The minimum atomic E-state index is -0.889. The van der Waals surface area contributed by atoms with Crippen LogP contribution in [0.25, 0.3) is 0 Å². The van der Waals surface area contributed by atoms with Crippen molar-refractivity contribution in [3.63, 3.8) is 0 Å². The highest BCUT2D eigenvalue weighted by atomic mass is 16.5. The van der Waals surface area contributed by atoms with Crippen LogP contribution in [0.2, 0.25) is 0 Å². The minimum absolute atomic E-state index is 0.0206. The predicted octanol–water partition coefficient (Wildman–Crippen LogP) is -0.361. The summed E-state index contributed by atoms with van der Waals surface area (Å²) in [7, 11) is 2.03. The third-order valence-corrected chi connectivity index (χ3v) is 4.66. The highest BCUT2D eigenvalue weighted by Gasteiger charge is 2.56. The zero-order valence-electron chi connectivity index (χ0n) is 11.1. The predicted molar refractivity (Wildman–Crippen MR) is 66.6 cm³/mol. The number of likely N-dealkylation sites (N-methyl/N-ethyl adjacent to an activating group) is 1.